The van der Waals surface area contributed by atoms with Gasteiger partial charge in [-0.3, -0.25) is 4.79 Å². The first-order valence-corrected chi connectivity index (χ1v) is 11.3. The van der Waals surface area contributed by atoms with E-state index >= 15 is 0 Å². The molecule has 0 saturated carbocycles. The number of nitrogens with one attached hydrogen (secondary N) is 1. The van der Waals surface area contributed by atoms with Crippen LogP contribution in [0.5, 0.6) is 0 Å². The van der Waals surface area contributed by atoms with Crippen LogP contribution < -0.4 is 5.32 Å². The van der Waals surface area contributed by atoms with Crippen LogP contribution in [0.3, 0.4) is 0 Å². The third-order valence-electron chi connectivity index (χ3n) is 5.87. The summed E-state index contributed by atoms with van der Waals surface area (Å²) >= 11 is 0. The molecule has 1 N–H and O–H groups in total. The summed E-state index contributed by atoms with van der Waals surface area (Å²) in [7, 11) is 0. The van der Waals surface area contributed by atoms with Crippen LogP contribution in [0.25, 0.3) is 11.0 Å². The Bertz CT molecular complexity index is 1400. The maximum atomic E-state index is 13.5. The molecular weight excluding hydrogens is 425 g/mol. The quantitative estimate of drug-likeness (QED) is 0.334. The lowest BCUT2D eigenvalue weighted by Gasteiger charge is -2.21. The first kappa shape index (κ1) is 21.6. The number of rotatable bonds is 7. The maximum absolute atomic E-state index is 13.5. The Morgan fingerprint density at radius 3 is 2.18 bits per heavy atom. The summed E-state index contributed by atoms with van der Waals surface area (Å²) in [5.74, 6) is 0.345. The summed E-state index contributed by atoms with van der Waals surface area (Å²) in [6.07, 6.45) is 0.589. The molecule has 5 aromatic rings. The number of halogens is 1. The highest BCUT2D eigenvalue weighted by molar-refractivity contribution is 5.94. The van der Waals surface area contributed by atoms with Gasteiger partial charge < -0.3 is 9.88 Å². The van der Waals surface area contributed by atoms with Gasteiger partial charge in [-0.1, -0.05) is 72.8 Å². The van der Waals surface area contributed by atoms with E-state index in [4.69, 9.17) is 4.98 Å². The maximum Gasteiger partial charge on any atom is 0.251 e. The molecule has 4 nitrogen and oxygen atoms in total. The van der Waals surface area contributed by atoms with E-state index in [1.165, 1.54) is 12.1 Å². The molecule has 0 fully saturated rings. The van der Waals surface area contributed by atoms with E-state index in [2.05, 4.69) is 22.0 Å². The van der Waals surface area contributed by atoms with E-state index in [-0.39, 0.29) is 17.8 Å². The van der Waals surface area contributed by atoms with Crippen LogP contribution in [0.15, 0.2) is 109 Å². The van der Waals surface area contributed by atoms with Gasteiger partial charge in [0.2, 0.25) is 0 Å². The van der Waals surface area contributed by atoms with Crippen molar-refractivity contribution in [3.05, 3.63) is 138 Å². The van der Waals surface area contributed by atoms with Crippen molar-refractivity contribution >= 4 is 16.9 Å². The van der Waals surface area contributed by atoms with Crippen molar-refractivity contribution in [3.8, 4) is 0 Å². The molecule has 5 rings (SSSR count). The van der Waals surface area contributed by atoms with Crippen LogP contribution in [-0.4, -0.2) is 15.5 Å². The predicted molar refractivity (Wildman–Crippen MR) is 132 cm³/mol. The zero-order chi connectivity index (χ0) is 23.3. The van der Waals surface area contributed by atoms with Crippen LogP contribution in [0.4, 0.5) is 4.39 Å². The summed E-state index contributed by atoms with van der Waals surface area (Å²) in [5.41, 5.74) is 4.47. The van der Waals surface area contributed by atoms with Crippen molar-refractivity contribution in [2.24, 2.45) is 0 Å². The van der Waals surface area contributed by atoms with Crippen LogP contribution in [0.2, 0.25) is 0 Å². The first-order valence-electron chi connectivity index (χ1n) is 11.3. The normalized spacial score (nSPS) is 11.9. The first-order chi connectivity index (χ1) is 16.7. The van der Waals surface area contributed by atoms with Crippen molar-refractivity contribution in [2.45, 2.75) is 19.0 Å². The van der Waals surface area contributed by atoms with Gasteiger partial charge in [0, 0.05) is 12.1 Å². The molecule has 1 unspecified atom stereocenters. The molecule has 1 aromatic heterocycles. The average molecular weight is 450 g/mol. The van der Waals surface area contributed by atoms with Gasteiger partial charge in [0.1, 0.15) is 11.6 Å². The highest BCUT2D eigenvalue weighted by atomic mass is 19.1. The molecule has 5 heteroatoms. The summed E-state index contributed by atoms with van der Waals surface area (Å²) in [4.78, 5) is 18.1. The third-order valence-corrected chi connectivity index (χ3v) is 5.87. The Labute approximate surface area is 197 Å². The lowest BCUT2D eigenvalue weighted by molar-refractivity contribution is 0.0934. The largest absolute Gasteiger partial charge is 0.342 e. The molecule has 0 spiro atoms. The van der Waals surface area contributed by atoms with Crippen LogP contribution in [-0.2, 0) is 13.0 Å². The zero-order valence-electron chi connectivity index (χ0n) is 18.6. The summed E-state index contributed by atoms with van der Waals surface area (Å²) < 4.78 is 15.6. The number of hydrogen-bond donors (Lipinski definition) is 1. The molecule has 168 valence electrons. The standard InChI is InChI=1S/C29H24FN3O/c30-24-17-15-22(16-18-24)20-33-27-14-8-7-13-25(27)31-28(33)26(19-21-9-3-1-4-10-21)32-29(34)23-11-5-2-6-12-23/h1-18,26H,19-20H2,(H,32,34). The topological polar surface area (TPSA) is 46.9 Å². The molecule has 1 atom stereocenters. The predicted octanol–water partition coefficient (Wildman–Crippen LogP) is 5.94. The second-order valence-corrected chi connectivity index (χ2v) is 8.25. The number of aromatic nitrogens is 2. The molecule has 0 radical (unpaired) electrons. The van der Waals surface area contributed by atoms with E-state index in [1.54, 1.807) is 24.3 Å². The lowest BCUT2D eigenvalue weighted by atomic mass is 10.0. The number of fused-ring (bicyclic) bond motifs is 1. The van der Waals surface area contributed by atoms with Crippen LogP contribution >= 0.6 is 0 Å². The fraction of sp³-hybridized carbons (Fsp3) is 0.103. The molecule has 1 heterocycles. The third kappa shape index (κ3) is 4.74. The van der Waals surface area contributed by atoms with Gasteiger partial charge in [-0.15, -0.1) is 0 Å². The van der Waals surface area contributed by atoms with E-state index in [1.807, 2.05) is 60.7 Å². The van der Waals surface area contributed by atoms with Crippen LogP contribution in [0, 0.1) is 5.82 Å². The monoisotopic (exact) mass is 449 g/mol. The molecule has 34 heavy (non-hydrogen) atoms. The number of para-hydroxylation sites is 2. The van der Waals surface area contributed by atoms with Gasteiger partial charge in [-0.25, -0.2) is 9.37 Å². The Hall–Kier alpha value is -4.25. The number of amides is 1. The van der Waals surface area contributed by atoms with E-state index in [9.17, 15) is 9.18 Å². The van der Waals surface area contributed by atoms with E-state index in [0.717, 1.165) is 28.0 Å². The Balaban J connectivity index is 1.57. The molecule has 0 aliphatic rings. The fourth-order valence-electron chi connectivity index (χ4n) is 4.19. The average Bonchev–Trinajstić information content (AvgIpc) is 3.24. The van der Waals surface area contributed by atoms with Gasteiger partial charge >= 0.3 is 0 Å². The van der Waals surface area contributed by atoms with Crippen molar-refractivity contribution < 1.29 is 9.18 Å². The van der Waals surface area contributed by atoms with Gasteiger partial charge in [0.05, 0.1) is 17.1 Å². The fourth-order valence-corrected chi connectivity index (χ4v) is 4.19. The second-order valence-electron chi connectivity index (χ2n) is 8.25. The number of nitrogens with zero attached hydrogens (tertiary/aromatic N) is 2. The Morgan fingerprint density at radius 1 is 0.794 bits per heavy atom. The molecule has 0 bridgehead atoms. The van der Waals surface area contributed by atoms with Crippen molar-refractivity contribution in [3.63, 3.8) is 0 Å². The van der Waals surface area contributed by atoms with Crippen molar-refractivity contribution in [1.82, 2.24) is 14.9 Å². The summed E-state index contributed by atoms with van der Waals surface area (Å²) in [6, 6.07) is 33.3. The zero-order valence-corrected chi connectivity index (χ0v) is 18.6. The molecule has 1 amide bonds. The number of carbonyl (C=O) groups excluding carboxylic acids is 1. The number of imidazole rings is 1. The van der Waals surface area contributed by atoms with E-state index < -0.39 is 0 Å². The minimum absolute atomic E-state index is 0.151. The summed E-state index contributed by atoms with van der Waals surface area (Å²) in [5, 5.41) is 3.21. The van der Waals surface area contributed by atoms with Crippen LogP contribution in [0.1, 0.15) is 33.4 Å². The Morgan fingerprint density at radius 2 is 1.44 bits per heavy atom. The molecule has 0 aliphatic heterocycles. The minimum atomic E-state index is -0.358. The Kier molecular flexibility index (Phi) is 6.17. The van der Waals surface area contributed by atoms with Crippen molar-refractivity contribution in [2.75, 3.05) is 0 Å². The smallest absolute Gasteiger partial charge is 0.251 e. The highest BCUT2D eigenvalue weighted by Crippen LogP contribution is 2.25. The van der Waals surface area contributed by atoms with Crippen molar-refractivity contribution in [1.29, 1.82) is 0 Å². The minimum Gasteiger partial charge on any atom is -0.342 e. The van der Waals surface area contributed by atoms with Gasteiger partial charge in [-0.2, -0.15) is 0 Å². The SMILES string of the molecule is O=C(NC(Cc1ccccc1)c1nc2ccccc2n1Cc1ccc(F)cc1)c1ccccc1. The highest BCUT2D eigenvalue weighted by Gasteiger charge is 2.23. The van der Waals surface area contributed by atoms with Gasteiger partial charge in [0.25, 0.3) is 5.91 Å². The number of benzene rings is 4. The second kappa shape index (κ2) is 9.71. The molecule has 0 aliphatic carbocycles. The molecule has 0 saturated heterocycles. The number of hydrogen-bond acceptors (Lipinski definition) is 2. The molecule has 4 aromatic carbocycles. The molecular formula is C29H24FN3O. The lowest BCUT2D eigenvalue weighted by Crippen LogP contribution is -2.32. The summed E-state index contributed by atoms with van der Waals surface area (Å²) in [6.45, 7) is 0.516. The van der Waals surface area contributed by atoms with Gasteiger partial charge in [0.15, 0.2) is 0 Å². The van der Waals surface area contributed by atoms with Gasteiger partial charge in [-0.05, 0) is 53.9 Å². The van der Waals surface area contributed by atoms with E-state index in [0.29, 0.717) is 18.5 Å². The number of carbonyl (C=O) groups is 1.